The van der Waals surface area contributed by atoms with E-state index in [9.17, 15) is 13.6 Å². The molecule has 1 atom stereocenters. The summed E-state index contributed by atoms with van der Waals surface area (Å²) in [6.07, 6.45) is 1.20. The van der Waals surface area contributed by atoms with Gasteiger partial charge in [0.25, 0.3) is 0 Å². The van der Waals surface area contributed by atoms with Gasteiger partial charge in [-0.25, -0.2) is 13.6 Å². The van der Waals surface area contributed by atoms with Gasteiger partial charge in [0.2, 0.25) is 0 Å². The molecule has 0 fully saturated rings. The van der Waals surface area contributed by atoms with Gasteiger partial charge in [-0.05, 0) is 33.3 Å². The fourth-order valence-electron chi connectivity index (χ4n) is 2.09. The molecule has 0 aliphatic rings. The first-order valence-corrected chi connectivity index (χ1v) is 7.85. The van der Waals surface area contributed by atoms with Crippen molar-refractivity contribution in [2.75, 3.05) is 6.54 Å². The number of hydrogen-bond donors (Lipinski definition) is 2. The number of alkyl carbamates (subject to hydrolysis) is 1. The summed E-state index contributed by atoms with van der Waals surface area (Å²) < 4.78 is 31.6. The predicted molar refractivity (Wildman–Crippen MR) is 86.1 cm³/mol. The lowest BCUT2D eigenvalue weighted by atomic mass is 10.1. The molecule has 1 amide bonds. The molecule has 0 radical (unpaired) electrons. The van der Waals surface area contributed by atoms with Crippen molar-refractivity contribution in [1.82, 2.24) is 10.6 Å². The van der Waals surface area contributed by atoms with Gasteiger partial charge in [0, 0.05) is 30.8 Å². The number of nitrogens with one attached hydrogen (secondary N) is 2. The number of benzene rings is 1. The summed E-state index contributed by atoms with van der Waals surface area (Å²) >= 11 is 0. The number of carbonyl (C=O) groups is 1. The highest BCUT2D eigenvalue weighted by Crippen LogP contribution is 2.10. The van der Waals surface area contributed by atoms with Gasteiger partial charge in [-0.2, -0.15) is 0 Å². The van der Waals surface area contributed by atoms with E-state index in [4.69, 9.17) is 4.74 Å². The third-order valence-corrected chi connectivity index (χ3v) is 3.08. The summed E-state index contributed by atoms with van der Waals surface area (Å²) in [5, 5.41) is 5.89. The normalized spacial score (nSPS) is 12.8. The second-order valence-corrected chi connectivity index (χ2v) is 6.50. The summed E-state index contributed by atoms with van der Waals surface area (Å²) in [6, 6.07) is 3.38. The number of hydrogen-bond acceptors (Lipinski definition) is 3. The average molecular weight is 328 g/mol. The first-order valence-electron chi connectivity index (χ1n) is 7.85. The fraction of sp³-hybridized carbons (Fsp3) is 0.588. The molecule has 1 rings (SSSR count). The highest BCUT2D eigenvalue weighted by molar-refractivity contribution is 5.68. The standard InChI is InChI=1S/C17H26F2N2O2/c1-5-6-14(21-16(22)23-17(2,3)4)11-20-10-12-7-8-13(18)9-15(12)19/h7-9,14,20H,5-6,10-11H2,1-4H3,(H,21,22)/t14-/m0/s1. The van der Waals surface area contributed by atoms with Crippen LogP contribution in [0.4, 0.5) is 13.6 Å². The second kappa shape index (κ2) is 8.82. The van der Waals surface area contributed by atoms with E-state index in [0.29, 0.717) is 12.1 Å². The Hall–Kier alpha value is -1.69. The first kappa shape index (κ1) is 19.4. The third kappa shape index (κ3) is 7.93. The van der Waals surface area contributed by atoms with E-state index < -0.39 is 23.3 Å². The molecule has 0 saturated heterocycles. The maximum atomic E-state index is 13.5. The van der Waals surface area contributed by atoms with Crippen molar-refractivity contribution in [1.29, 1.82) is 0 Å². The molecule has 0 heterocycles. The van der Waals surface area contributed by atoms with Gasteiger partial charge in [0.05, 0.1) is 0 Å². The minimum Gasteiger partial charge on any atom is -0.444 e. The smallest absolute Gasteiger partial charge is 0.407 e. The highest BCUT2D eigenvalue weighted by atomic mass is 19.1. The van der Waals surface area contributed by atoms with Crippen molar-refractivity contribution < 1.29 is 18.3 Å². The van der Waals surface area contributed by atoms with E-state index in [2.05, 4.69) is 10.6 Å². The lowest BCUT2D eigenvalue weighted by Crippen LogP contribution is -2.44. The summed E-state index contributed by atoms with van der Waals surface area (Å²) in [6.45, 7) is 8.17. The van der Waals surface area contributed by atoms with Gasteiger partial charge in [-0.15, -0.1) is 0 Å². The largest absolute Gasteiger partial charge is 0.444 e. The van der Waals surface area contributed by atoms with Gasteiger partial charge in [0.15, 0.2) is 0 Å². The lowest BCUT2D eigenvalue weighted by Gasteiger charge is -2.23. The van der Waals surface area contributed by atoms with Gasteiger partial charge in [-0.3, -0.25) is 0 Å². The van der Waals surface area contributed by atoms with Crippen LogP contribution in [-0.2, 0) is 11.3 Å². The van der Waals surface area contributed by atoms with E-state index in [1.165, 1.54) is 12.1 Å². The van der Waals surface area contributed by atoms with E-state index in [1.54, 1.807) is 20.8 Å². The molecule has 0 aromatic heterocycles. The molecule has 130 valence electrons. The molecular weight excluding hydrogens is 302 g/mol. The molecule has 1 aromatic rings. The Balaban J connectivity index is 2.48. The third-order valence-electron chi connectivity index (χ3n) is 3.08. The van der Waals surface area contributed by atoms with E-state index in [0.717, 1.165) is 18.9 Å². The maximum Gasteiger partial charge on any atom is 0.407 e. The van der Waals surface area contributed by atoms with Gasteiger partial charge in [0.1, 0.15) is 17.2 Å². The van der Waals surface area contributed by atoms with Gasteiger partial charge in [-0.1, -0.05) is 19.4 Å². The Kier molecular flexibility index (Phi) is 7.42. The van der Waals surface area contributed by atoms with Crippen molar-refractivity contribution in [2.24, 2.45) is 0 Å². The maximum absolute atomic E-state index is 13.5. The molecule has 0 aliphatic heterocycles. The number of ether oxygens (including phenoxy) is 1. The van der Waals surface area contributed by atoms with Crippen LogP contribution in [0.25, 0.3) is 0 Å². The second-order valence-electron chi connectivity index (χ2n) is 6.50. The van der Waals surface area contributed by atoms with Crippen molar-refractivity contribution in [3.63, 3.8) is 0 Å². The minimum atomic E-state index is -0.596. The van der Waals surface area contributed by atoms with Crippen LogP contribution < -0.4 is 10.6 Å². The molecule has 1 aromatic carbocycles. The van der Waals surface area contributed by atoms with Gasteiger partial charge >= 0.3 is 6.09 Å². The van der Waals surface area contributed by atoms with Crippen LogP contribution in [0, 0.1) is 11.6 Å². The van der Waals surface area contributed by atoms with Crippen LogP contribution in [0.1, 0.15) is 46.1 Å². The minimum absolute atomic E-state index is 0.113. The van der Waals surface area contributed by atoms with Crippen molar-refractivity contribution in [3.05, 3.63) is 35.4 Å². The zero-order valence-corrected chi connectivity index (χ0v) is 14.2. The highest BCUT2D eigenvalue weighted by Gasteiger charge is 2.19. The fourth-order valence-corrected chi connectivity index (χ4v) is 2.09. The van der Waals surface area contributed by atoms with Crippen LogP contribution in [0.2, 0.25) is 0 Å². The molecule has 6 heteroatoms. The Labute approximate surface area is 136 Å². The Morgan fingerprint density at radius 2 is 2.00 bits per heavy atom. The van der Waals surface area contributed by atoms with E-state index in [-0.39, 0.29) is 12.6 Å². The Morgan fingerprint density at radius 3 is 2.57 bits per heavy atom. The molecule has 0 unspecified atom stereocenters. The summed E-state index contributed by atoms with van der Waals surface area (Å²) in [5.41, 5.74) is -0.162. The zero-order chi connectivity index (χ0) is 17.5. The van der Waals surface area contributed by atoms with Crippen molar-refractivity contribution in [3.8, 4) is 0 Å². The number of rotatable bonds is 7. The topological polar surface area (TPSA) is 50.4 Å². The van der Waals surface area contributed by atoms with Gasteiger partial charge < -0.3 is 15.4 Å². The molecule has 0 aliphatic carbocycles. The Bertz CT molecular complexity index is 516. The molecular formula is C17H26F2N2O2. The summed E-state index contributed by atoms with van der Waals surface area (Å²) in [5.74, 6) is -1.17. The molecule has 2 N–H and O–H groups in total. The zero-order valence-electron chi connectivity index (χ0n) is 14.2. The van der Waals surface area contributed by atoms with Crippen LogP contribution in [0.3, 0.4) is 0 Å². The average Bonchev–Trinajstić information content (AvgIpc) is 2.39. The summed E-state index contributed by atoms with van der Waals surface area (Å²) in [7, 11) is 0. The van der Waals surface area contributed by atoms with E-state index >= 15 is 0 Å². The lowest BCUT2D eigenvalue weighted by molar-refractivity contribution is 0.0501. The van der Waals surface area contributed by atoms with Crippen LogP contribution >= 0.6 is 0 Å². The first-order chi connectivity index (χ1) is 10.7. The van der Waals surface area contributed by atoms with Crippen LogP contribution in [-0.4, -0.2) is 24.3 Å². The van der Waals surface area contributed by atoms with Crippen LogP contribution in [0.5, 0.6) is 0 Å². The molecule has 4 nitrogen and oxygen atoms in total. The predicted octanol–water partition coefficient (Wildman–Crippen LogP) is 3.75. The molecule has 0 bridgehead atoms. The van der Waals surface area contributed by atoms with Crippen LogP contribution in [0.15, 0.2) is 18.2 Å². The number of amides is 1. The Morgan fingerprint density at radius 1 is 1.30 bits per heavy atom. The monoisotopic (exact) mass is 328 g/mol. The molecule has 23 heavy (non-hydrogen) atoms. The molecule has 0 spiro atoms. The summed E-state index contributed by atoms with van der Waals surface area (Å²) in [4.78, 5) is 11.8. The molecule has 0 saturated carbocycles. The number of halogens is 2. The van der Waals surface area contributed by atoms with Crippen molar-refractivity contribution in [2.45, 2.75) is 58.7 Å². The van der Waals surface area contributed by atoms with Crippen molar-refractivity contribution >= 4 is 6.09 Å². The number of carbonyl (C=O) groups excluding carboxylic acids is 1. The SMILES string of the molecule is CCC[C@@H](CNCc1ccc(F)cc1F)NC(=O)OC(C)(C)C. The quantitative estimate of drug-likeness (QED) is 0.801. The van der Waals surface area contributed by atoms with E-state index in [1.807, 2.05) is 6.92 Å².